The van der Waals surface area contributed by atoms with Crippen LogP contribution in [0.4, 0.5) is 0 Å². The highest BCUT2D eigenvalue weighted by atomic mass is 15.3. The van der Waals surface area contributed by atoms with Gasteiger partial charge in [0.25, 0.3) is 0 Å². The topological polar surface area (TPSA) is 18.5 Å². The molecule has 2 aliphatic heterocycles. The van der Waals surface area contributed by atoms with Crippen molar-refractivity contribution in [2.75, 3.05) is 32.7 Å². The van der Waals surface area contributed by atoms with Crippen molar-refractivity contribution in [3.05, 3.63) is 0 Å². The van der Waals surface area contributed by atoms with Crippen LogP contribution in [0.1, 0.15) is 46.5 Å². The van der Waals surface area contributed by atoms with Gasteiger partial charge in [0.2, 0.25) is 0 Å². The molecule has 3 unspecified atom stereocenters. The van der Waals surface area contributed by atoms with Crippen molar-refractivity contribution in [1.82, 2.24) is 15.1 Å². The number of fused-ring (bicyclic) bond motifs is 1. The normalized spacial score (nSPS) is 31.5. The molecule has 0 bridgehead atoms. The van der Waals surface area contributed by atoms with Gasteiger partial charge in [0.15, 0.2) is 0 Å². The smallest absolute Gasteiger partial charge is 0.0224 e. The van der Waals surface area contributed by atoms with Crippen molar-refractivity contribution >= 4 is 0 Å². The Hall–Kier alpha value is -0.120. The SMILES string of the molecule is CCCNC(C)CCN1CC2CCCN2CC1C. The van der Waals surface area contributed by atoms with Gasteiger partial charge in [-0.25, -0.2) is 0 Å². The number of nitrogens with zero attached hydrogens (tertiary/aromatic N) is 2. The number of nitrogens with one attached hydrogen (secondary N) is 1. The second-order valence-electron chi connectivity index (χ2n) is 6.28. The molecular formula is C15H31N3. The highest BCUT2D eigenvalue weighted by Gasteiger charge is 2.33. The lowest BCUT2D eigenvalue weighted by molar-refractivity contribution is 0.0571. The Balaban J connectivity index is 1.71. The summed E-state index contributed by atoms with van der Waals surface area (Å²) in [6.07, 6.45) is 5.37. The summed E-state index contributed by atoms with van der Waals surface area (Å²) < 4.78 is 0. The van der Waals surface area contributed by atoms with E-state index in [9.17, 15) is 0 Å². The maximum absolute atomic E-state index is 3.60. The van der Waals surface area contributed by atoms with E-state index in [0.29, 0.717) is 6.04 Å². The molecule has 0 amide bonds. The van der Waals surface area contributed by atoms with Gasteiger partial charge in [0.05, 0.1) is 0 Å². The summed E-state index contributed by atoms with van der Waals surface area (Å²) in [5.41, 5.74) is 0. The van der Waals surface area contributed by atoms with E-state index < -0.39 is 0 Å². The van der Waals surface area contributed by atoms with Gasteiger partial charge >= 0.3 is 0 Å². The molecule has 18 heavy (non-hydrogen) atoms. The Morgan fingerprint density at radius 2 is 2.17 bits per heavy atom. The van der Waals surface area contributed by atoms with Crippen LogP contribution >= 0.6 is 0 Å². The quantitative estimate of drug-likeness (QED) is 0.780. The molecule has 3 heteroatoms. The largest absolute Gasteiger partial charge is 0.314 e. The number of piperazine rings is 1. The van der Waals surface area contributed by atoms with E-state index in [4.69, 9.17) is 0 Å². The summed E-state index contributed by atoms with van der Waals surface area (Å²) in [6.45, 7) is 13.3. The molecule has 1 N–H and O–H groups in total. The van der Waals surface area contributed by atoms with Crippen molar-refractivity contribution in [2.24, 2.45) is 0 Å². The van der Waals surface area contributed by atoms with Crippen molar-refractivity contribution in [2.45, 2.75) is 64.6 Å². The molecule has 2 aliphatic rings. The van der Waals surface area contributed by atoms with Crippen molar-refractivity contribution in [3.8, 4) is 0 Å². The molecule has 2 fully saturated rings. The van der Waals surface area contributed by atoms with Gasteiger partial charge in [-0.05, 0) is 52.6 Å². The summed E-state index contributed by atoms with van der Waals surface area (Å²) in [5, 5.41) is 3.60. The summed E-state index contributed by atoms with van der Waals surface area (Å²) in [5.74, 6) is 0. The molecule has 3 nitrogen and oxygen atoms in total. The Kier molecular flexibility index (Phi) is 5.46. The van der Waals surface area contributed by atoms with E-state index in [2.05, 4.69) is 35.9 Å². The molecule has 106 valence electrons. The predicted octanol–water partition coefficient (Wildman–Crippen LogP) is 1.93. The van der Waals surface area contributed by atoms with E-state index in [0.717, 1.165) is 18.6 Å². The molecule has 0 aromatic heterocycles. The first-order valence-corrected chi connectivity index (χ1v) is 7.92. The fourth-order valence-corrected chi connectivity index (χ4v) is 3.41. The molecule has 2 heterocycles. The highest BCUT2D eigenvalue weighted by molar-refractivity contribution is 4.90. The predicted molar refractivity (Wildman–Crippen MR) is 78.0 cm³/mol. The van der Waals surface area contributed by atoms with Gasteiger partial charge in [0.1, 0.15) is 0 Å². The Labute approximate surface area is 113 Å². The highest BCUT2D eigenvalue weighted by Crippen LogP contribution is 2.24. The minimum absolute atomic E-state index is 0.666. The van der Waals surface area contributed by atoms with Crippen LogP contribution in [0, 0.1) is 0 Å². The Morgan fingerprint density at radius 1 is 1.33 bits per heavy atom. The molecule has 0 saturated carbocycles. The fraction of sp³-hybridized carbons (Fsp3) is 1.00. The zero-order chi connectivity index (χ0) is 13.0. The monoisotopic (exact) mass is 253 g/mol. The van der Waals surface area contributed by atoms with E-state index in [1.165, 1.54) is 51.9 Å². The third-order valence-corrected chi connectivity index (χ3v) is 4.66. The molecule has 3 atom stereocenters. The van der Waals surface area contributed by atoms with Crippen LogP contribution in [0.2, 0.25) is 0 Å². The van der Waals surface area contributed by atoms with E-state index in [1.54, 1.807) is 0 Å². The molecule has 2 rings (SSSR count). The van der Waals surface area contributed by atoms with Crippen LogP contribution in [0.5, 0.6) is 0 Å². The summed E-state index contributed by atoms with van der Waals surface area (Å²) >= 11 is 0. The standard InChI is InChI=1S/C15H31N3/c1-4-8-16-13(2)7-10-17-12-15-6-5-9-18(15)11-14(17)3/h13-16H,4-12H2,1-3H3. The zero-order valence-electron chi connectivity index (χ0n) is 12.5. The van der Waals surface area contributed by atoms with Crippen LogP contribution in [-0.2, 0) is 0 Å². The molecule has 0 aromatic carbocycles. The average Bonchev–Trinajstić information content (AvgIpc) is 2.80. The number of hydrogen-bond acceptors (Lipinski definition) is 3. The second kappa shape index (κ2) is 6.88. The van der Waals surface area contributed by atoms with Gasteiger partial charge in [-0.1, -0.05) is 6.92 Å². The van der Waals surface area contributed by atoms with E-state index >= 15 is 0 Å². The lowest BCUT2D eigenvalue weighted by atomic mass is 10.1. The first-order chi connectivity index (χ1) is 8.70. The maximum atomic E-state index is 3.60. The van der Waals surface area contributed by atoms with Crippen LogP contribution < -0.4 is 5.32 Å². The van der Waals surface area contributed by atoms with Gasteiger partial charge in [-0.2, -0.15) is 0 Å². The summed E-state index contributed by atoms with van der Waals surface area (Å²) in [4.78, 5) is 5.43. The zero-order valence-corrected chi connectivity index (χ0v) is 12.5. The lowest BCUT2D eigenvalue weighted by Crippen LogP contribution is -2.55. The van der Waals surface area contributed by atoms with E-state index in [1.807, 2.05) is 0 Å². The summed E-state index contributed by atoms with van der Waals surface area (Å²) in [7, 11) is 0. The van der Waals surface area contributed by atoms with Crippen LogP contribution in [0.15, 0.2) is 0 Å². The number of rotatable bonds is 6. The Morgan fingerprint density at radius 3 is 2.94 bits per heavy atom. The van der Waals surface area contributed by atoms with Crippen molar-refractivity contribution in [3.63, 3.8) is 0 Å². The molecular weight excluding hydrogens is 222 g/mol. The fourth-order valence-electron chi connectivity index (χ4n) is 3.41. The minimum atomic E-state index is 0.666. The third kappa shape index (κ3) is 3.69. The van der Waals surface area contributed by atoms with Crippen molar-refractivity contribution < 1.29 is 0 Å². The number of hydrogen-bond donors (Lipinski definition) is 1. The third-order valence-electron chi connectivity index (χ3n) is 4.66. The van der Waals surface area contributed by atoms with Crippen LogP contribution in [-0.4, -0.2) is 60.6 Å². The van der Waals surface area contributed by atoms with Crippen molar-refractivity contribution in [1.29, 1.82) is 0 Å². The van der Waals surface area contributed by atoms with Gasteiger partial charge in [-0.3, -0.25) is 9.80 Å². The minimum Gasteiger partial charge on any atom is -0.314 e. The van der Waals surface area contributed by atoms with E-state index in [-0.39, 0.29) is 0 Å². The average molecular weight is 253 g/mol. The second-order valence-corrected chi connectivity index (χ2v) is 6.28. The Bertz CT molecular complexity index is 244. The van der Waals surface area contributed by atoms with Gasteiger partial charge in [0, 0.05) is 37.8 Å². The van der Waals surface area contributed by atoms with Crippen LogP contribution in [0.3, 0.4) is 0 Å². The molecule has 0 aliphatic carbocycles. The molecule has 0 aromatic rings. The van der Waals surface area contributed by atoms with Gasteiger partial charge in [-0.15, -0.1) is 0 Å². The molecule has 0 spiro atoms. The lowest BCUT2D eigenvalue weighted by Gasteiger charge is -2.42. The summed E-state index contributed by atoms with van der Waals surface area (Å²) in [6, 6.07) is 2.27. The van der Waals surface area contributed by atoms with Gasteiger partial charge < -0.3 is 5.32 Å². The molecule has 0 radical (unpaired) electrons. The molecule has 2 saturated heterocycles. The van der Waals surface area contributed by atoms with Crippen LogP contribution in [0.25, 0.3) is 0 Å². The maximum Gasteiger partial charge on any atom is 0.0224 e. The first-order valence-electron chi connectivity index (χ1n) is 7.92. The first kappa shape index (κ1) is 14.3.